The van der Waals surface area contributed by atoms with Gasteiger partial charge in [0.1, 0.15) is 0 Å². The standard InChI is InChI=1S/C26H47NSi/c1-17(2)27-23-15-14-18(3)16-22(23)24-25(27)20-12-8-9-13-21(20)26(24)28(4,5)19-10-6-7-11-19/h17-26H,6-16H2,1-5H3. The molecule has 8 atom stereocenters. The first-order valence-corrected chi connectivity index (χ1v) is 16.3. The molecule has 8 unspecified atom stereocenters. The van der Waals surface area contributed by atoms with E-state index in [-0.39, 0.29) is 0 Å². The zero-order valence-electron chi connectivity index (χ0n) is 19.5. The van der Waals surface area contributed by atoms with Gasteiger partial charge in [0.15, 0.2) is 0 Å². The van der Waals surface area contributed by atoms with Gasteiger partial charge in [-0.25, -0.2) is 0 Å². The van der Waals surface area contributed by atoms with Gasteiger partial charge in [-0.05, 0) is 80.2 Å². The van der Waals surface area contributed by atoms with Crippen LogP contribution < -0.4 is 0 Å². The van der Waals surface area contributed by atoms with E-state index in [2.05, 4.69) is 38.8 Å². The summed E-state index contributed by atoms with van der Waals surface area (Å²) in [5.74, 6) is 5.25. The smallest absolute Gasteiger partial charge is 0.0542 e. The van der Waals surface area contributed by atoms with Crippen LogP contribution in [0.15, 0.2) is 0 Å². The van der Waals surface area contributed by atoms with Crippen LogP contribution in [0.1, 0.15) is 91.4 Å². The van der Waals surface area contributed by atoms with E-state index in [1.54, 1.807) is 38.5 Å². The van der Waals surface area contributed by atoms with Gasteiger partial charge in [-0.3, -0.25) is 4.90 Å². The van der Waals surface area contributed by atoms with E-state index in [1.165, 1.54) is 32.1 Å². The van der Waals surface area contributed by atoms with Crippen molar-refractivity contribution in [2.75, 3.05) is 0 Å². The van der Waals surface area contributed by atoms with Crippen LogP contribution in [-0.4, -0.2) is 31.1 Å². The van der Waals surface area contributed by atoms with Crippen LogP contribution in [0.5, 0.6) is 0 Å². The van der Waals surface area contributed by atoms with Crippen LogP contribution in [0.4, 0.5) is 0 Å². The fraction of sp³-hybridized carbons (Fsp3) is 1.00. The maximum Gasteiger partial charge on any atom is 0.0542 e. The Morgan fingerprint density at radius 1 is 0.786 bits per heavy atom. The minimum Gasteiger partial charge on any atom is -0.294 e. The summed E-state index contributed by atoms with van der Waals surface area (Å²) in [4.78, 5) is 3.14. The molecule has 2 heteroatoms. The van der Waals surface area contributed by atoms with E-state index in [9.17, 15) is 0 Å². The summed E-state index contributed by atoms with van der Waals surface area (Å²) in [5, 5.41) is 0. The highest BCUT2D eigenvalue weighted by atomic mass is 28.3. The largest absolute Gasteiger partial charge is 0.294 e. The van der Waals surface area contributed by atoms with Gasteiger partial charge in [-0.1, -0.05) is 65.0 Å². The molecule has 0 aromatic heterocycles. The maximum absolute atomic E-state index is 3.14. The Morgan fingerprint density at radius 3 is 2.11 bits per heavy atom. The Bertz CT molecular complexity index is 565. The van der Waals surface area contributed by atoms with E-state index in [0.717, 1.165) is 58.8 Å². The molecule has 0 bridgehead atoms. The lowest BCUT2D eigenvalue weighted by atomic mass is 9.73. The van der Waals surface area contributed by atoms with Crippen molar-refractivity contribution in [2.45, 2.75) is 134 Å². The van der Waals surface area contributed by atoms with Crippen molar-refractivity contribution in [3.8, 4) is 0 Å². The molecule has 5 rings (SSSR count). The first-order chi connectivity index (χ1) is 13.4. The van der Waals surface area contributed by atoms with Gasteiger partial charge in [0.05, 0.1) is 8.07 Å². The summed E-state index contributed by atoms with van der Waals surface area (Å²) < 4.78 is 0. The molecule has 5 fully saturated rings. The fourth-order valence-corrected chi connectivity index (χ4v) is 15.3. The Morgan fingerprint density at radius 2 is 1.43 bits per heavy atom. The molecule has 0 amide bonds. The number of nitrogens with zero attached hydrogens (tertiary/aromatic N) is 1. The molecule has 0 spiro atoms. The fourth-order valence-electron chi connectivity index (χ4n) is 9.91. The van der Waals surface area contributed by atoms with Gasteiger partial charge in [0.2, 0.25) is 0 Å². The van der Waals surface area contributed by atoms with Gasteiger partial charge >= 0.3 is 0 Å². The number of likely N-dealkylation sites (tertiary alicyclic amines) is 1. The van der Waals surface area contributed by atoms with Crippen molar-refractivity contribution >= 4 is 8.07 Å². The molecule has 4 saturated carbocycles. The lowest BCUT2D eigenvalue weighted by Crippen LogP contribution is -2.48. The SMILES string of the molecule is CC1CCC2C(C1)C1C(C3CCCCC3C1[Si](C)(C)C1CCCC1)N2C(C)C. The summed E-state index contributed by atoms with van der Waals surface area (Å²) in [6, 6.07) is 2.65. The van der Waals surface area contributed by atoms with Crippen LogP contribution in [0, 0.1) is 29.6 Å². The molecule has 160 valence electrons. The van der Waals surface area contributed by atoms with E-state index in [0.29, 0.717) is 0 Å². The zero-order chi connectivity index (χ0) is 19.6. The van der Waals surface area contributed by atoms with Crippen molar-refractivity contribution in [2.24, 2.45) is 29.6 Å². The minimum atomic E-state index is -1.22. The lowest BCUT2D eigenvalue weighted by molar-refractivity contribution is 0.0612. The predicted molar refractivity (Wildman–Crippen MR) is 123 cm³/mol. The third kappa shape index (κ3) is 2.94. The number of fused-ring (bicyclic) bond motifs is 5. The average Bonchev–Trinajstić information content (AvgIpc) is 3.36. The van der Waals surface area contributed by atoms with E-state index < -0.39 is 8.07 Å². The second-order valence-corrected chi connectivity index (χ2v) is 17.8. The maximum atomic E-state index is 3.14. The van der Waals surface area contributed by atoms with Crippen LogP contribution in [-0.2, 0) is 0 Å². The molecule has 28 heavy (non-hydrogen) atoms. The molecule has 4 aliphatic carbocycles. The molecule has 0 aromatic rings. The number of rotatable bonds is 3. The van der Waals surface area contributed by atoms with Crippen molar-refractivity contribution in [1.82, 2.24) is 4.90 Å². The van der Waals surface area contributed by atoms with Gasteiger partial charge < -0.3 is 0 Å². The second-order valence-electron chi connectivity index (χ2n) is 12.7. The van der Waals surface area contributed by atoms with Crippen molar-refractivity contribution in [3.63, 3.8) is 0 Å². The van der Waals surface area contributed by atoms with Crippen LogP contribution >= 0.6 is 0 Å². The Labute approximate surface area is 176 Å². The highest BCUT2D eigenvalue weighted by Gasteiger charge is 2.66. The van der Waals surface area contributed by atoms with Gasteiger partial charge in [-0.2, -0.15) is 0 Å². The number of hydrogen-bond donors (Lipinski definition) is 0. The molecular formula is C26H47NSi. The average molecular weight is 402 g/mol. The Kier molecular flexibility index (Phi) is 5.31. The first-order valence-electron chi connectivity index (χ1n) is 13.2. The van der Waals surface area contributed by atoms with Gasteiger partial charge in [-0.15, -0.1) is 0 Å². The minimum absolute atomic E-state index is 0.758. The molecule has 0 N–H and O–H groups in total. The molecule has 1 saturated heterocycles. The summed E-state index contributed by atoms with van der Waals surface area (Å²) in [6.07, 6.45) is 17.0. The first kappa shape index (κ1) is 20.1. The highest BCUT2D eigenvalue weighted by Crippen LogP contribution is 2.67. The third-order valence-corrected chi connectivity index (χ3v) is 16.0. The van der Waals surface area contributed by atoms with Crippen molar-refractivity contribution in [1.29, 1.82) is 0 Å². The molecule has 5 aliphatic rings. The second kappa shape index (κ2) is 7.40. The number of hydrogen-bond acceptors (Lipinski definition) is 1. The normalized spacial score (nSPS) is 47.4. The predicted octanol–water partition coefficient (Wildman–Crippen LogP) is 7.34. The molecular weight excluding hydrogens is 354 g/mol. The summed E-state index contributed by atoms with van der Waals surface area (Å²) >= 11 is 0. The van der Waals surface area contributed by atoms with Crippen molar-refractivity contribution in [3.05, 3.63) is 0 Å². The monoisotopic (exact) mass is 401 g/mol. The van der Waals surface area contributed by atoms with Crippen LogP contribution in [0.25, 0.3) is 0 Å². The van der Waals surface area contributed by atoms with Crippen molar-refractivity contribution < 1.29 is 0 Å². The van der Waals surface area contributed by atoms with E-state index in [1.807, 2.05) is 0 Å². The molecule has 0 aromatic carbocycles. The lowest BCUT2D eigenvalue weighted by Gasteiger charge is -2.47. The molecule has 1 aliphatic heterocycles. The van der Waals surface area contributed by atoms with Gasteiger partial charge in [0.25, 0.3) is 0 Å². The Balaban J connectivity index is 1.56. The van der Waals surface area contributed by atoms with Crippen LogP contribution in [0.3, 0.4) is 0 Å². The molecule has 0 radical (unpaired) electrons. The quantitative estimate of drug-likeness (QED) is 0.447. The summed E-state index contributed by atoms with van der Waals surface area (Å²) in [7, 11) is -1.22. The summed E-state index contributed by atoms with van der Waals surface area (Å²) in [5.41, 5.74) is 2.29. The van der Waals surface area contributed by atoms with E-state index in [4.69, 9.17) is 0 Å². The van der Waals surface area contributed by atoms with E-state index >= 15 is 0 Å². The topological polar surface area (TPSA) is 3.24 Å². The van der Waals surface area contributed by atoms with Gasteiger partial charge in [0, 0.05) is 18.1 Å². The zero-order valence-corrected chi connectivity index (χ0v) is 20.5. The Hall–Kier alpha value is 0.177. The molecule has 1 nitrogen and oxygen atoms in total. The third-order valence-electron chi connectivity index (χ3n) is 10.8. The molecule has 1 heterocycles. The highest BCUT2D eigenvalue weighted by molar-refractivity contribution is 6.80. The summed E-state index contributed by atoms with van der Waals surface area (Å²) in [6.45, 7) is 13.4. The van der Waals surface area contributed by atoms with Crippen LogP contribution in [0.2, 0.25) is 24.2 Å².